The summed E-state index contributed by atoms with van der Waals surface area (Å²) in [7, 11) is 0. The zero-order valence-corrected chi connectivity index (χ0v) is 11.6. The molecule has 18 heavy (non-hydrogen) atoms. The largest absolute Gasteiger partial charge is 0.487 e. The van der Waals surface area contributed by atoms with Gasteiger partial charge in [-0.15, -0.1) is 11.3 Å². The summed E-state index contributed by atoms with van der Waals surface area (Å²) in [6.45, 7) is 6.06. The van der Waals surface area contributed by atoms with Crippen molar-refractivity contribution in [2.45, 2.75) is 32.9 Å². The summed E-state index contributed by atoms with van der Waals surface area (Å²) < 4.78 is 5.72. The molecule has 2 aromatic rings. The van der Waals surface area contributed by atoms with Crippen molar-refractivity contribution in [3.05, 3.63) is 34.9 Å². The van der Waals surface area contributed by atoms with Crippen LogP contribution in [-0.2, 0) is 0 Å². The number of pyridine rings is 1. The number of rotatable bonds is 5. The van der Waals surface area contributed by atoms with Crippen molar-refractivity contribution in [3.8, 4) is 5.75 Å². The first-order valence-corrected chi connectivity index (χ1v) is 6.82. The van der Waals surface area contributed by atoms with Crippen LogP contribution in [0, 0.1) is 0 Å². The van der Waals surface area contributed by atoms with Gasteiger partial charge in [-0.25, -0.2) is 9.97 Å². The van der Waals surface area contributed by atoms with Gasteiger partial charge in [0.1, 0.15) is 5.01 Å². The number of hydrogen-bond acceptors (Lipinski definition) is 5. The Hall–Kier alpha value is -1.62. The maximum atomic E-state index is 5.72. The van der Waals surface area contributed by atoms with Crippen LogP contribution < -0.4 is 10.1 Å². The van der Waals surface area contributed by atoms with E-state index in [1.165, 1.54) is 0 Å². The highest BCUT2D eigenvalue weighted by Gasteiger charge is 2.12. The summed E-state index contributed by atoms with van der Waals surface area (Å²) in [4.78, 5) is 8.61. The van der Waals surface area contributed by atoms with Crippen LogP contribution in [0.15, 0.2) is 29.9 Å². The number of anilines is 1. The molecule has 0 fully saturated rings. The van der Waals surface area contributed by atoms with Crippen LogP contribution in [0.2, 0.25) is 0 Å². The van der Waals surface area contributed by atoms with Crippen molar-refractivity contribution in [3.63, 3.8) is 0 Å². The average Bonchev–Trinajstić information content (AvgIpc) is 2.84. The fraction of sp³-hybridized carbons (Fsp3) is 0.385. The van der Waals surface area contributed by atoms with Crippen molar-refractivity contribution in [2.24, 2.45) is 0 Å². The zero-order valence-electron chi connectivity index (χ0n) is 10.8. The fourth-order valence-corrected chi connectivity index (χ4v) is 2.21. The van der Waals surface area contributed by atoms with E-state index in [2.05, 4.69) is 22.2 Å². The number of hydrogen-bond donors (Lipinski definition) is 1. The molecule has 0 aliphatic rings. The van der Waals surface area contributed by atoms with Crippen LogP contribution in [0.5, 0.6) is 5.75 Å². The van der Waals surface area contributed by atoms with Gasteiger partial charge in [-0.2, -0.15) is 0 Å². The minimum atomic E-state index is 0.120. The van der Waals surface area contributed by atoms with E-state index in [0.29, 0.717) is 0 Å². The molecule has 1 atom stereocenters. The highest BCUT2D eigenvalue weighted by molar-refractivity contribution is 7.09. The zero-order chi connectivity index (χ0) is 13.0. The number of aromatic nitrogens is 2. The summed E-state index contributed by atoms with van der Waals surface area (Å²) in [6.07, 6.45) is 3.69. The van der Waals surface area contributed by atoms with Crippen LogP contribution in [-0.4, -0.2) is 16.1 Å². The van der Waals surface area contributed by atoms with Gasteiger partial charge in [0.05, 0.1) is 12.1 Å². The molecule has 1 unspecified atom stereocenters. The second kappa shape index (κ2) is 5.82. The van der Waals surface area contributed by atoms with Gasteiger partial charge in [0.2, 0.25) is 0 Å². The molecular weight excluding hydrogens is 246 g/mol. The molecule has 0 saturated carbocycles. The molecule has 5 heteroatoms. The third-order valence-electron chi connectivity index (χ3n) is 2.31. The van der Waals surface area contributed by atoms with Gasteiger partial charge in [0.25, 0.3) is 0 Å². The molecule has 0 bridgehead atoms. The Balaban J connectivity index is 2.13. The molecule has 0 amide bonds. The molecule has 0 aromatic carbocycles. The van der Waals surface area contributed by atoms with Gasteiger partial charge in [-0.3, -0.25) is 0 Å². The summed E-state index contributed by atoms with van der Waals surface area (Å²) >= 11 is 1.63. The average molecular weight is 263 g/mol. The third kappa shape index (κ3) is 3.20. The van der Waals surface area contributed by atoms with Crippen LogP contribution in [0.25, 0.3) is 0 Å². The van der Waals surface area contributed by atoms with Gasteiger partial charge in [-0.1, -0.05) is 0 Å². The van der Waals surface area contributed by atoms with E-state index in [1.54, 1.807) is 17.5 Å². The Labute approximate surface area is 111 Å². The number of nitrogens with zero attached hydrogens (tertiary/aromatic N) is 2. The van der Waals surface area contributed by atoms with Gasteiger partial charge in [-0.05, 0) is 32.9 Å². The lowest BCUT2D eigenvalue weighted by Gasteiger charge is -2.17. The first-order chi connectivity index (χ1) is 8.66. The molecule has 2 heterocycles. The third-order valence-corrected chi connectivity index (χ3v) is 3.27. The van der Waals surface area contributed by atoms with E-state index in [4.69, 9.17) is 4.74 Å². The van der Waals surface area contributed by atoms with E-state index in [9.17, 15) is 0 Å². The molecule has 96 valence electrons. The lowest BCUT2D eigenvalue weighted by molar-refractivity contribution is 0.242. The molecule has 2 aromatic heterocycles. The first kappa shape index (κ1) is 12.8. The molecule has 0 aliphatic carbocycles. The summed E-state index contributed by atoms with van der Waals surface area (Å²) in [6, 6.07) is 3.91. The lowest BCUT2D eigenvalue weighted by atomic mass is 10.3. The highest BCUT2D eigenvalue weighted by atomic mass is 32.1. The van der Waals surface area contributed by atoms with E-state index < -0.39 is 0 Å². The molecule has 0 spiro atoms. The minimum Gasteiger partial charge on any atom is -0.487 e. The minimum absolute atomic E-state index is 0.120. The van der Waals surface area contributed by atoms with Gasteiger partial charge < -0.3 is 10.1 Å². The van der Waals surface area contributed by atoms with Crippen molar-refractivity contribution in [1.29, 1.82) is 0 Å². The normalized spacial score (nSPS) is 12.4. The molecular formula is C13H17N3OS. The second-order valence-corrected chi connectivity index (χ2v) is 5.18. The monoisotopic (exact) mass is 263 g/mol. The highest BCUT2D eigenvalue weighted by Crippen LogP contribution is 2.27. The molecule has 2 rings (SSSR count). The Morgan fingerprint density at radius 3 is 2.72 bits per heavy atom. The fourth-order valence-electron chi connectivity index (χ4n) is 1.56. The van der Waals surface area contributed by atoms with Crippen molar-refractivity contribution < 1.29 is 4.74 Å². The molecule has 4 nitrogen and oxygen atoms in total. The number of ether oxygens (including phenoxy) is 1. The summed E-state index contributed by atoms with van der Waals surface area (Å²) in [5.41, 5.74) is 0. The maximum absolute atomic E-state index is 5.72. The van der Waals surface area contributed by atoms with Gasteiger partial charge >= 0.3 is 0 Å². The number of thiazole rings is 1. The quantitative estimate of drug-likeness (QED) is 0.897. The summed E-state index contributed by atoms with van der Waals surface area (Å²) in [5.74, 6) is 1.53. The van der Waals surface area contributed by atoms with Crippen molar-refractivity contribution in [2.75, 3.05) is 5.32 Å². The predicted octanol–water partition coefficient (Wildman–Crippen LogP) is 3.50. The van der Waals surface area contributed by atoms with Gasteiger partial charge in [0, 0.05) is 17.8 Å². The Bertz CT molecular complexity index is 485. The molecule has 1 N–H and O–H groups in total. The van der Waals surface area contributed by atoms with Crippen molar-refractivity contribution >= 4 is 17.2 Å². The number of nitrogens with one attached hydrogen (secondary N) is 1. The maximum Gasteiger partial charge on any atom is 0.169 e. The Morgan fingerprint density at radius 1 is 1.22 bits per heavy atom. The second-order valence-electron chi connectivity index (χ2n) is 4.25. The van der Waals surface area contributed by atoms with E-state index >= 15 is 0 Å². The topological polar surface area (TPSA) is 47.0 Å². The Morgan fingerprint density at radius 2 is 2.06 bits per heavy atom. The van der Waals surface area contributed by atoms with Crippen LogP contribution in [0.3, 0.4) is 0 Å². The predicted molar refractivity (Wildman–Crippen MR) is 74.2 cm³/mol. The SMILES string of the molecule is CC(C)Oc1cccnc1NC(C)c1nccs1. The van der Waals surface area contributed by atoms with E-state index in [1.807, 2.05) is 37.6 Å². The Kier molecular flexibility index (Phi) is 4.15. The molecule has 0 saturated heterocycles. The van der Waals surface area contributed by atoms with Crippen LogP contribution >= 0.6 is 11.3 Å². The standard InChI is InChI=1S/C13H17N3OS/c1-9(2)17-11-5-4-6-14-12(11)16-10(3)13-15-7-8-18-13/h4-10H,1-3H3,(H,14,16). The smallest absolute Gasteiger partial charge is 0.169 e. The summed E-state index contributed by atoms with van der Waals surface area (Å²) in [5, 5.41) is 6.34. The van der Waals surface area contributed by atoms with Crippen LogP contribution in [0.1, 0.15) is 31.8 Å². The van der Waals surface area contributed by atoms with Gasteiger partial charge in [0.15, 0.2) is 11.6 Å². The first-order valence-electron chi connectivity index (χ1n) is 5.94. The van der Waals surface area contributed by atoms with E-state index in [0.717, 1.165) is 16.6 Å². The van der Waals surface area contributed by atoms with E-state index in [-0.39, 0.29) is 12.1 Å². The lowest BCUT2D eigenvalue weighted by Crippen LogP contribution is -2.12. The molecule has 0 radical (unpaired) electrons. The van der Waals surface area contributed by atoms with Crippen molar-refractivity contribution in [1.82, 2.24) is 9.97 Å². The molecule has 0 aliphatic heterocycles. The van der Waals surface area contributed by atoms with Crippen LogP contribution in [0.4, 0.5) is 5.82 Å².